The number of hydrogen-bond acceptors (Lipinski definition) is 4. The standard InChI is InChI=1S/C19H19N3O/c1-14(22-12-11-15-7-5-6-10-17(15)13-22)19-20-18(21-23-19)16-8-3-2-4-9-16/h2-10,14H,11-13H2,1H3/t14-/m1/s1. The molecule has 1 atom stereocenters. The van der Waals surface area contributed by atoms with Crippen LogP contribution in [0.4, 0.5) is 0 Å². The summed E-state index contributed by atoms with van der Waals surface area (Å²) in [7, 11) is 0. The lowest BCUT2D eigenvalue weighted by Gasteiger charge is -2.31. The molecule has 4 nitrogen and oxygen atoms in total. The lowest BCUT2D eigenvalue weighted by atomic mass is 9.99. The Morgan fingerprint density at radius 3 is 2.57 bits per heavy atom. The molecule has 0 fully saturated rings. The molecule has 1 aliphatic heterocycles. The lowest BCUT2D eigenvalue weighted by Crippen LogP contribution is -2.33. The van der Waals surface area contributed by atoms with Gasteiger partial charge in [0.05, 0.1) is 6.04 Å². The molecule has 4 rings (SSSR count). The van der Waals surface area contributed by atoms with Gasteiger partial charge in [0, 0.05) is 18.7 Å². The summed E-state index contributed by atoms with van der Waals surface area (Å²) < 4.78 is 5.52. The molecule has 1 aliphatic rings. The number of benzene rings is 2. The summed E-state index contributed by atoms with van der Waals surface area (Å²) >= 11 is 0. The van der Waals surface area contributed by atoms with Gasteiger partial charge in [0.2, 0.25) is 11.7 Å². The van der Waals surface area contributed by atoms with Crippen molar-refractivity contribution >= 4 is 0 Å². The Morgan fingerprint density at radius 2 is 1.74 bits per heavy atom. The highest BCUT2D eigenvalue weighted by molar-refractivity contribution is 5.53. The van der Waals surface area contributed by atoms with Gasteiger partial charge in [0.1, 0.15) is 0 Å². The van der Waals surface area contributed by atoms with Crippen LogP contribution in [0.1, 0.15) is 30.0 Å². The second-order valence-electron chi connectivity index (χ2n) is 5.99. The van der Waals surface area contributed by atoms with Crippen molar-refractivity contribution in [1.29, 1.82) is 0 Å². The Hall–Kier alpha value is -2.46. The smallest absolute Gasteiger partial charge is 0.244 e. The van der Waals surface area contributed by atoms with E-state index >= 15 is 0 Å². The van der Waals surface area contributed by atoms with E-state index in [1.165, 1.54) is 11.1 Å². The average molecular weight is 305 g/mol. The fraction of sp³-hybridized carbons (Fsp3) is 0.263. The molecule has 0 saturated heterocycles. The Morgan fingerprint density at radius 1 is 1.00 bits per heavy atom. The van der Waals surface area contributed by atoms with E-state index in [9.17, 15) is 0 Å². The Labute approximate surface area is 135 Å². The molecule has 4 heteroatoms. The number of hydrogen-bond donors (Lipinski definition) is 0. The second kappa shape index (κ2) is 5.97. The zero-order valence-electron chi connectivity index (χ0n) is 13.1. The quantitative estimate of drug-likeness (QED) is 0.737. The molecule has 0 spiro atoms. The van der Waals surface area contributed by atoms with E-state index < -0.39 is 0 Å². The Bertz CT molecular complexity index is 797. The van der Waals surface area contributed by atoms with Gasteiger partial charge in [-0.1, -0.05) is 59.8 Å². The van der Waals surface area contributed by atoms with Crippen molar-refractivity contribution in [3.8, 4) is 11.4 Å². The summed E-state index contributed by atoms with van der Waals surface area (Å²) in [5, 5.41) is 4.13. The third kappa shape index (κ3) is 2.78. The van der Waals surface area contributed by atoms with Crippen LogP contribution in [0.15, 0.2) is 59.1 Å². The molecule has 1 aromatic heterocycles. The molecule has 0 aliphatic carbocycles. The molecule has 0 unspecified atom stereocenters. The average Bonchev–Trinajstić information content (AvgIpc) is 3.11. The molecule has 0 amide bonds. The SMILES string of the molecule is C[C@H](c1nc(-c2ccccc2)no1)N1CCc2ccccc2C1. The van der Waals surface area contributed by atoms with E-state index in [-0.39, 0.29) is 6.04 Å². The summed E-state index contributed by atoms with van der Waals surface area (Å²) in [6, 6.07) is 18.7. The molecule has 2 aromatic carbocycles. The molecule has 0 bridgehead atoms. The van der Waals surface area contributed by atoms with Crippen LogP contribution in [0.5, 0.6) is 0 Å². The minimum atomic E-state index is 0.119. The number of aromatic nitrogens is 2. The fourth-order valence-electron chi connectivity index (χ4n) is 3.11. The summed E-state index contributed by atoms with van der Waals surface area (Å²) in [4.78, 5) is 6.99. The highest BCUT2D eigenvalue weighted by Gasteiger charge is 2.25. The summed E-state index contributed by atoms with van der Waals surface area (Å²) in [5.41, 5.74) is 3.83. The molecule has 0 N–H and O–H groups in total. The van der Waals surface area contributed by atoms with Crippen LogP contribution >= 0.6 is 0 Å². The van der Waals surface area contributed by atoms with Crippen molar-refractivity contribution in [2.45, 2.75) is 25.9 Å². The first kappa shape index (κ1) is 14.2. The number of rotatable bonds is 3. The molecule has 0 saturated carbocycles. The fourth-order valence-corrected chi connectivity index (χ4v) is 3.11. The summed E-state index contributed by atoms with van der Waals surface area (Å²) in [5.74, 6) is 1.34. The molecule has 116 valence electrons. The largest absolute Gasteiger partial charge is 0.337 e. The van der Waals surface area contributed by atoms with Crippen LogP contribution in [0, 0.1) is 0 Å². The first-order chi connectivity index (χ1) is 11.3. The topological polar surface area (TPSA) is 42.2 Å². The molecule has 3 aromatic rings. The minimum Gasteiger partial charge on any atom is -0.337 e. The zero-order valence-corrected chi connectivity index (χ0v) is 13.1. The molecule has 0 radical (unpaired) electrons. The predicted molar refractivity (Wildman–Crippen MR) is 88.7 cm³/mol. The van der Waals surface area contributed by atoms with E-state index in [2.05, 4.69) is 46.2 Å². The predicted octanol–water partition coefficient (Wildman–Crippen LogP) is 3.86. The molecular weight excluding hydrogens is 286 g/mol. The van der Waals surface area contributed by atoms with Gasteiger partial charge >= 0.3 is 0 Å². The highest BCUT2D eigenvalue weighted by Crippen LogP contribution is 2.27. The van der Waals surface area contributed by atoms with Crippen LogP contribution in [0.3, 0.4) is 0 Å². The van der Waals surface area contributed by atoms with Crippen LogP contribution in [0.2, 0.25) is 0 Å². The lowest BCUT2D eigenvalue weighted by molar-refractivity contribution is 0.158. The monoisotopic (exact) mass is 305 g/mol. The maximum atomic E-state index is 5.52. The Balaban J connectivity index is 1.54. The van der Waals surface area contributed by atoms with E-state index in [0.717, 1.165) is 25.1 Å². The zero-order chi connectivity index (χ0) is 15.6. The Kier molecular flexibility index (Phi) is 3.67. The third-order valence-electron chi connectivity index (χ3n) is 4.54. The van der Waals surface area contributed by atoms with Crippen LogP contribution in [-0.4, -0.2) is 21.6 Å². The molecule has 23 heavy (non-hydrogen) atoms. The van der Waals surface area contributed by atoms with Crippen molar-refractivity contribution in [2.24, 2.45) is 0 Å². The maximum Gasteiger partial charge on any atom is 0.244 e. The van der Waals surface area contributed by atoms with Crippen LogP contribution in [-0.2, 0) is 13.0 Å². The van der Waals surface area contributed by atoms with Gasteiger partial charge in [-0.3, -0.25) is 4.90 Å². The van der Waals surface area contributed by atoms with E-state index in [0.29, 0.717) is 11.7 Å². The minimum absolute atomic E-state index is 0.119. The molecular formula is C19H19N3O. The number of nitrogens with zero attached hydrogens (tertiary/aromatic N) is 3. The van der Waals surface area contributed by atoms with Gasteiger partial charge in [0.15, 0.2) is 0 Å². The number of fused-ring (bicyclic) bond motifs is 1. The van der Waals surface area contributed by atoms with Crippen molar-refractivity contribution in [3.05, 3.63) is 71.6 Å². The van der Waals surface area contributed by atoms with Gasteiger partial charge in [-0.15, -0.1) is 0 Å². The summed E-state index contributed by atoms with van der Waals surface area (Å²) in [6.07, 6.45) is 1.07. The van der Waals surface area contributed by atoms with E-state index in [1.807, 2.05) is 30.3 Å². The van der Waals surface area contributed by atoms with E-state index in [1.54, 1.807) is 0 Å². The maximum absolute atomic E-state index is 5.52. The van der Waals surface area contributed by atoms with Crippen LogP contribution in [0.25, 0.3) is 11.4 Å². The van der Waals surface area contributed by atoms with Crippen molar-refractivity contribution in [3.63, 3.8) is 0 Å². The van der Waals surface area contributed by atoms with Gasteiger partial charge in [-0.05, 0) is 24.5 Å². The van der Waals surface area contributed by atoms with Crippen molar-refractivity contribution < 1.29 is 4.52 Å². The first-order valence-electron chi connectivity index (χ1n) is 8.01. The highest BCUT2D eigenvalue weighted by atomic mass is 16.5. The van der Waals surface area contributed by atoms with Crippen molar-refractivity contribution in [2.75, 3.05) is 6.54 Å². The first-order valence-corrected chi connectivity index (χ1v) is 8.01. The summed E-state index contributed by atoms with van der Waals surface area (Å²) in [6.45, 7) is 4.08. The third-order valence-corrected chi connectivity index (χ3v) is 4.54. The van der Waals surface area contributed by atoms with E-state index in [4.69, 9.17) is 4.52 Å². The van der Waals surface area contributed by atoms with Crippen LogP contribution < -0.4 is 0 Å². The van der Waals surface area contributed by atoms with Gasteiger partial charge in [-0.25, -0.2) is 0 Å². The normalized spacial score (nSPS) is 16.0. The van der Waals surface area contributed by atoms with Gasteiger partial charge < -0.3 is 4.52 Å². The van der Waals surface area contributed by atoms with Gasteiger partial charge in [0.25, 0.3) is 0 Å². The molecule has 2 heterocycles. The van der Waals surface area contributed by atoms with Crippen molar-refractivity contribution in [1.82, 2.24) is 15.0 Å². The second-order valence-corrected chi connectivity index (χ2v) is 5.99. The van der Waals surface area contributed by atoms with Gasteiger partial charge in [-0.2, -0.15) is 4.98 Å².